The van der Waals surface area contributed by atoms with Gasteiger partial charge in [-0.1, -0.05) is 26.0 Å². The minimum Gasteiger partial charge on any atom is -0.343 e. The number of fused-ring (bicyclic) bond motifs is 2. The molecule has 0 atom stereocenters. The Morgan fingerprint density at radius 3 is 2.62 bits per heavy atom. The molecule has 0 bridgehead atoms. The van der Waals surface area contributed by atoms with E-state index < -0.39 is 30.7 Å². The lowest BCUT2D eigenvalue weighted by molar-refractivity contribution is -0.123. The van der Waals surface area contributed by atoms with Crippen molar-refractivity contribution in [3.05, 3.63) is 65.0 Å². The second-order valence-electron chi connectivity index (χ2n) is 10.6. The van der Waals surface area contributed by atoms with Crippen LogP contribution in [0.15, 0.2) is 42.6 Å². The van der Waals surface area contributed by atoms with Gasteiger partial charge in [-0.25, -0.2) is 9.97 Å². The molecule has 0 unspecified atom stereocenters. The van der Waals surface area contributed by atoms with Gasteiger partial charge in [-0.05, 0) is 54.7 Å². The highest BCUT2D eigenvalue weighted by Crippen LogP contribution is 2.49. The maximum absolute atomic E-state index is 13.5. The van der Waals surface area contributed by atoms with E-state index in [0.29, 0.717) is 5.69 Å². The fourth-order valence-electron chi connectivity index (χ4n) is 4.63. The number of alkyl halides is 4. The Labute approximate surface area is 223 Å². The molecule has 4 N–H and O–H groups in total. The predicted octanol–water partition coefficient (Wildman–Crippen LogP) is 5.03. The zero-order valence-corrected chi connectivity index (χ0v) is 21.5. The summed E-state index contributed by atoms with van der Waals surface area (Å²) in [5.74, 6) is -0.661. The normalized spacial score (nSPS) is 15.9. The van der Waals surface area contributed by atoms with Crippen LogP contribution in [0, 0.1) is 0 Å². The lowest BCUT2D eigenvalue weighted by Crippen LogP contribution is -2.36. The van der Waals surface area contributed by atoms with Crippen LogP contribution in [0.3, 0.4) is 0 Å². The van der Waals surface area contributed by atoms with Gasteiger partial charge in [0.1, 0.15) is 30.4 Å². The summed E-state index contributed by atoms with van der Waals surface area (Å²) >= 11 is 0. The van der Waals surface area contributed by atoms with Crippen LogP contribution >= 0.6 is 0 Å². The second-order valence-corrected chi connectivity index (χ2v) is 10.6. The van der Waals surface area contributed by atoms with Gasteiger partial charge in [0.15, 0.2) is 0 Å². The Hall–Kier alpha value is -3.80. The largest absolute Gasteiger partial charge is 0.405 e. The fraction of sp³-hybridized carbons (Fsp3) is 0.407. The molecule has 1 aliphatic carbocycles. The van der Waals surface area contributed by atoms with E-state index in [-0.39, 0.29) is 28.7 Å². The van der Waals surface area contributed by atoms with Crippen molar-refractivity contribution in [2.45, 2.75) is 50.2 Å². The topological polar surface area (TPSA) is 104 Å². The Morgan fingerprint density at radius 2 is 1.90 bits per heavy atom. The van der Waals surface area contributed by atoms with Crippen LogP contribution in [0.4, 0.5) is 40.8 Å². The van der Waals surface area contributed by atoms with E-state index in [0.717, 1.165) is 37.7 Å². The second kappa shape index (κ2) is 10.1. The molecule has 2 aromatic heterocycles. The quantitative estimate of drug-likeness (QED) is 0.296. The zero-order valence-electron chi connectivity index (χ0n) is 21.5. The molecule has 5 rings (SSSR count). The maximum Gasteiger partial charge on any atom is 0.405 e. The minimum atomic E-state index is -4.58. The number of halogens is 4. The molecule has 1 spiro atoms. The summed E-state index contributed by atoms with van der Waals surface area (Å²) < 4.78 is 51.7. The summed E-state index contributed by atoms with van der Waals surface area (Å²) in [6, 6.07) is 11.0. The third-order valence-corrected chi connectivity index (χ3v) is 6.99. The molecule has 1 saturated carbocycles. The van der Waals surface area contributed by atoms with Crippen LogP contribution in [0.5, 0.6) is 0 Å². The molecule has 1 amide bonds. The van der Waals surface area contributed by atoms with Crippen LogP contribution in [0.25, 0.3) is 0 Å². The van der Waals surface area contributed by atoms with E-state index >= 15 is 0 Å². The first-order valence-electron chi connectivity index (χ1n) is 12.7. The Balaban J connectivity index is 1.44. The molecule has 206 valence electrons. The number of aromatic nitrogens is 3. The molecule has 8 nitrogen and oxygen atoms in total. The lowest BCUT2D eigenvalue weighted by atomic mass is 9.90. The smallest absolute Gasteiger partial charge is 0.343 e. The van der Waals surface area contributed by atoms with Gasteiger partial charge in [-0.3, -0.25) is 9.18 Å². The maximum atomic E-state index is 13.5. The van der Waals surface area contributed by atoms with Crippen molar-refractivity contribution in [2.24, 2.45) is 0 Å². The molecule has 3 aromatic rings. The van der Waals surface area contributed by atoms with Crippen LogP contribution in [-0.4, -0.2) is 46.8 Å². The number of carbonyl (C=O) groups is 1. The van der Waals surface area contributed by atoms with Crippen molar-refractivity contribution in [1.82, 2.24) is 25.6 Å². The van der Waals surface area contributed by atoms with Gasteiger partial charge in [0.05, 0.1) is 5.69 Å². The molecule has 2 aliphatic rings. The van der Waals surface area contributed by atoms with E-state index in [1.165, 1.54) is 11.1 Å². The number of anilines is 4. The summed E-state index contributed by atoms with van der Waals surface area (Å²) in [4.78, 5) is 25.6. The fourth-order valence-corrected chi connectivity index (χ4v) is 4.63. The van der Waals surface area contributed by atoms with Gasteiger partial charge < -0.3 is 21.3 Å². The van der Waals surface area contributed by atoms with Crippen LogP contribution < -0.4 is 21.3 Å². The first kappa shape index (κ1) is 26.8. The van der Waals surface area contributed by atoms with Crippen molar-refractivity contribution in [1.29, 1.82) is 0 Å². The average molecular weight is 544 g/mol. The number of rotatable bonds is 8. The molecule has 1 aliphatic heterocycles. The third kappa shape index (κ3) is 5.95. The van der Waals surface area contributed by atoms with Gasteiger partial charge in [0, 0.05) is 29.4 Å². The molecule has 39 heavy (non-hydrogen) atoms. The number of pyridine rings is 1. The highest BCUT2D eigenvalue weighted by molar-refractivity contribution is 5.99. The monoisotopic (exact) mass is 543 g/mol. The Kier molecular flexibility index (Phi) is 6.91. The molecular weight excluding hydrogens is 514 g/mol. The Morgan fingerprint density at radius 1 is 1.10 bits per heavy atom. The Bertz CT molecular complexity index is 1390. The summed E-state index contributed by atoms with van der Waals surface area (Å²) in [5.41, 5.74) is 2.76. The van der Waals surface area contributed by atoms with Gasteiger partial charge >= 0.3 is 6.18 Å². The average Bonchev–Trinajstić information content (AvgIpc) is 3.67. The van der Waals surface area contributed by atoms with Crippen LogP contribution in [0.1, 0.15) is 53.9 Å². The highest BCUT2D eigenvalue weighted by Gasteiger charge is 2.46. The minimum absolute atomic E-state index is 0.0472. The molecule has 12 heteroatoms. The van der Waals surface area contributed by atoms with Gasteiger partial charge in [-0.2, -0.15) is 18.2 Å². The first-order chi connectivity index (χ1) is 18.5. The van der Waals surface area contributed by atoms with Gasteiger partial charge in [0.2, 0.25) is 5.95 Å². The number of hydrogen-bond donors (Lipinski definition) is 4. The molecular formula is C27H29F4N7O. The molecule has 1 fully saturated rings. The number of nitrogens with one attached hydrogen (secondary N) is 4. The van der Waals surface area contributed by atoms with Crippen molar-refractivity contribution >= 4 is 29.2 Å². The highest BCUT2D eigenvalue weighted by atomic mass is 19.4. The molecule has 0 radical (unpaired) electrons. The van der Waals surface area contributed by atoms with Gasteiger partial charge in [0.25, 0.3) is 5.91 Å². The van der Waals surface area contributed by atoms with Crippen LogP contribution in [0.2, 0.25) is 0 Å². The van der Waals surface area contributed by atoms with Crippen molar-refractivity contribution in [3.8, 4) is 0 Å². The van der Waals surface area contributed by atoms with E-state index in [9.17, 15) is 22.4 Å². The summed E-state index contributed by atoms with van der Waals surface area (Å²) in [6.45, 7) is 2.14. The summed E-state index contributed by atoms with van der Waals surface area (Å²) in [5, 5.41) is 11.5. The molecule has 3 heterocycles. The van der Waals surface area contributed by atoms with Gasteiger partial charge in [-0.15, -0.1) is 0 Å². The first-order valence-corrected chi connectivity index (χ1v) is 12.7. The SMILES string of the molecule is CC(C)(CF)c1cccc(Nc2nc(Nc3ccc4c(c3)CCNC43CC3)ncc2C(=O)NCC(F)(F)F)n1. The molecule has 1 aromatic carbocycles. The molecule has 0 saturated heterocycles. The summed E-state index contributed by atoms with van der Waals surface area (Å²) in [6.07, 6.45) is -0.322. The number of nitrogens with zero attached hydrogens (tertiary/aromatic N) is 3. The number of carbonyl (C=O) groups excluding carboxylic acids is 1. The van der Waals surface area contributed by atoms with Crippen molar-refractivity contribution in [2.75, 3.05) is 30.4 Å². The van der Waals surface area contributed by atoms with Crippen molar-refractivity contribution < 1.29 is 22.4 Å². The van der Waals surface area contributed by atoms with Crippen molar-refractivity contribution in [3.63, 3.8) is 0 Å². The van der Waals surface area contributed by atoms with E-state index in [2.05, 4.69) is 37.0 Å². The van der Waals surface area contributed by atoms with E-state index in [1.54, 1.807) is 32.0 Å². The number of amides is 1. The van der Waals surface area contributed by atoms with E-state index in [1.807, 2.05) is 17.4 Å². The van der Waals surface area contributed by atoms with Crippen LogP contribution in [-0.2, 0) is 17.4 Å². The van der Waals surface area contributed by atoms with E-state index in [4.69, 9.17) is 0 Å². The third-order valence-electron chi connectivity index (χ3n) is 6.99. The predicted molar refractivity (Wildman–Crippen MR) is 139 cm³/mol. The summed E-state index contributed by atoms with van der Waals surface area (Å²) in [7, 11) is 0. The number of hydrogen-bond acceptors (Lipinski definition) is 7. The lowest BCUT2D eigenvalue weighted by Gasteiger charge is -2.27. The number of benzene rings is 1. The zero-order chi connectivity index (χ0) is 27.8. The standard InChI is InChI=1S/C27H29F4N7O/c1-25(2,14-28)20-4-3-5-21(36-20)37-22-18(23(39)33-15-27(29,30)31)13-32-24(38-22)35-17-6-7-19-16(12-17)8-11-34-26(19)9-10-26/h3-7,12-13,34H,8-11,14-15H2,1-2H3,(H,33,39)(H2,32,35,36,37,38).